The first-order valence-electron chi connectivity index (χ1n) is 6.57. The number of nitriles is 1. The lowest BCUT2D eigenvalue weighted by Gasteiger charge is -2.04. The number of thiazole rings is 2. The van der Waals surface area contributed by atoms with E-state index in [1.54, 1.807) is 12.4 Å². The van der Waals surface area contributed by atoms with Gasteiger partial charge >= 0.3 is 5.97 Å². The smallest absolute Gasteiger partial charge is 0.357 e. The molecule has 6 nitrogen and oxygen atoms in total. The summed E-state index contributed by atoms with van der Waals surface area (Å²) in [4.78, 5) is 31.9. The number of carbonyl (C=O) groups excluding carboxylic acids is 2. The predicted octanol–water partition coefficient (Wildman–Crippen LogP) is 2.59. The second-order valence-corrected chi connectivity index (χ2v) is 5.91. The van der Waals surface area contributed by atoms with Crippen LogP contribution in [0.15, 0.2) is 16.3 Å². The summed E-state index contributed by atoms with van der Waals surface area (Å²) < 4.78 is 4.84. The average molecular weight is 335 g/mol. The van der Waals surface area contributed by atoms with Crippen molar-refractivity contribution < 1.29 is 14.3 Å². The van der Waals surface area contributed by atoms with E-state index in [0.29, 0.717) is 11.4 Å². The molecule has 1 unspecified atom stereocenters. The van der Waals surface area contributed by atoms with Gasteiger partial charge in [0, 0.05) is 17.2 Å². The lowest BCUT2D eigenvalue weighted by molar-refractivity contribution is -0.119. The minimum absolute atomic E-state index is 0.134. The third kappa shape index (κ3) is 3.96. The molecule has 0 amide bonds. The highest BCUT2D eigenvalue weighted by atomic mass is 32.1. The molecule has 0 saturated carbocycles. The molecular formula is C14H13N3O3S2. The number of hydrogen-bond donors (Lipinski definition) is 0. The zero-order valence-electron chi connectivity index (χ0n) is 11.8. The highest BCUT2D eigenvalue weighted by Crippen LogP contribution is 2.23. The molecule has 0 aromatic carbocycles. The molecule has 0 aliphatic rings. The van der Waals surface area contributed by atoms with Crippen LogP contribution in [0, 0.1) is 11.3 Å². The Morgan fingerprint density at radius 2 is 2.27 bits per heavy atom. The number of Topliss-reactive ketones (excluding diaryl/α,β-unsaturated/α-hetero) is 1. The normalized spacial score (nSPS) is 11.6. The van der Waals surface area contributed by atoms with E-state index >= 15 is 0 Å². The number of ether oxygens (including phenoxy) is 1. The van der Waals surface area contributed by atoms with Crippen LogP contribution in [0.1, 0.15) is 40.5 Å². The Labute approximate surface area is 135 Å². The summed E-state index contributed by atoms with van der Waals surface area (Å²) in [5.74, 6) is -1.72. The Balaban J connectivity index is 2.03. The van der Waals surface area contributed by atoms with Gasteiger partial charge in [0.15, 0.2) is 17.4 Å². The SMILES string of the molecule is CCOC(=O)c1csc(C(C#N)C(=O)CCc2cscn2)n1. The van der Waals surface area contributed by atoms with Crippen molar-refractivity contribution in [2.45, 2.75) is 25.7 Å². The lowest BCUT2D eigenvalue weighted by atomic mass is 10.0. The van der Waals surface area contributed by atoms with Crippen molar-refractivity contribution in [1.29, 1.82) is 5.26 Å². The van der Waals surface area contributed by atoms with Crippen molar-refractivity contribution in [1.82, 2.24) is 9.97 Å². The summed E-state index contributed by atoms with van der Waals surface area (Å²) in [6.07, 6.45) is 0.715. The summed E-state index contributed by atoms with van der Waals surface area (Å²) in [5, 5.41) is 12.9. The number of carbonyl (C=O) groups is 2. The van der Waals surface area contributed by atoms with Crippen LogP contribution in [0.5, 0.6) is 0 Å². The van der Waals surface area contributed by atoms with Gasteiger partial charge in [-0.05, 0) is 13.3 Å². The van der Waals surface area contributed by atoms with E-state index in [1.807, 2.05) is 11.4 Å². The maximum absolute atomic E-state index is 12.2. The van der Waals surface area contributed by atoms with Gasteiger partial charge in [-0.1, -0.05) is 0 Å². The highest BCUT2D eigenvalue weighted by molar-refractivity contribution is 7.10. The predicted molar refractivity (Wildman–Crippen MR) is 81.9 cm³/mol. The van der Waals surface area contributed by atoms with Crippen LogP contribution in [0.25, 0.3) is 0 Å². The molecule has 0 aliphatic heterocycles. The Hall–Kier alpha value is -2.11. The van der Waals surface area contributed by atoms with Crippen molar-refractivity contribution in [2.24, 2.45) is 0 Å². The van der Waals surface area contributed by atoms with Crippen molar-refractivity contribution >= 4 is 34.4 Å². The number of hydrogen-bond acceptors (Lipinski definition) is 8. The van der Waals surface area contributed by atoms with Crippen LogP contribution in [0.3, 0.4) is 0 Å². The van der Waals surface area contributed by atoms with Crippen LogP contribution >= 0.6 is 22.7 Å². The number of esters is 1. The van der Waals surface area contributed by atoms with E-state index in [9.17, 15) is 14.9 Å². The van der Waals surface area contributed by atoms with Crippen LogP contribution in [-0.2, 0) is 16.0 Å². The first-order chi connectivity index (χ1) is 10.7. The molecule has 2 rings (SSSR count). The molecule has 2 heterocycles. The van der Waals surface area contributed by atoms with Gasteiger partial charge in [-0.2, -0.15) is 5.26 Å². The lowest BCUT2D eigenvalue weighted by Crippen LogP contribution is -2.12. The molecule has 1 atom stereocenters. The molecule has 2 aromatic heterocycles. The third-order valence-corrected chi connectivity index (χ3v) is 4.36. The Morgan fingerprint density at radius 1 is 1.45 bits per heavy atom. The second kappa shape index (κ2) is 7.77. The molecule has 0 aliphatic carbocycles. The van der Waals surface area contributed by atoms with Gasteiger partial charge in [-0.15, -0.1) is 22.7 Å². The molecule has 22 heavy (non-hydrogen) atoms. The van der Waals surface area contributed by atoms with Crippen LogP contribution < -0.4 is 0 Å². The molecule has 0 fully saturated rings. The molecular weight excluding hydrogens is 322 g/mol. The molecule has 0 spiro atoms. The van der Waals surface area contributed by atoms with Gasteiger partial charge in [0.05, 0.1) is 23.9 Å². The third-order valence-electron chi connectivity index (χ3n) is 2.82. The fraction of sp³-hybridized carbons (Fsp3) is 0.357. The van der Waals surface area contributed by atoms with Crippen molar-refractivity contribution in [3.8, 4) is 6.07 Å². The first-order valence-corrected chi connectivity index (χ1v) is 8.39. The number of aromatic nitrogens is 2. The molecule has 0 radical (unpaired) electrons. The molecule has 8 heteroatoms. The topological polar surface area (TPSA) is 92.9 Å². The molecule has 0 N–H and O–H groups in total. The zero-order chi connectivity index (χ0) is 15.9. The maximum Gasteiger partial charge on any atom is 0.357 e. The summed E-state index contributed by atoms with van der Waals surface area (Å²) in [6, 6.07) is 1.96. The number of aryl methyl sites for hydroxylation is 1. The molecule has 2 aromatic rings. The minimum atomic E-state index is -0.952. The van der Waals surface area contributed by atoms with Gasteiger partial charge < -0.3 is 4.74 Å². The van der Waals surface area contributed by atoms with E-state index in [2.05, 4.69) is 9.97 Å². The summed E-state index contributed by atoms with van der Waals surface area (Å²) in [6.45, 7) is 1.95. The van der Waals surface area contributed by atoms with E-state index < -0.39 is 11.9 Å². The fourth-order valence-corrected chi connectivity index (χ4v) is 3.19. The van der Waals surface area contributed by atoms with Gasteiger partial charge in [0.1, 0.15) is 5.01 Å². The van der Waals surface area contributed by atoms with E-state index in [1.165, 1.54) is 16.7 Å². The zero-order valence-corrected chi connectivity index (χ0v) is 13.4. The second-order valence-electron chi connectivity index (χ2n) is 4.30. The maximum atomic E-state index is 12.2. The fourth-order valence-electron chi connectivity index (χ4n) is 1.74. The number of rotatable bonds is 7. The van der Waals surface area contributed by atoms with Crippen LogP contribution in [0.2, 0.25) is 0 Å². The van der Waals surface area contributed by atoms with Gasteiger partial charge in [0.25, 0.3) is 0 Å². The van der Waals surface area contributed by atoms with Gasteiger partial charge in [0.2, 0.25) is 0 Å². The first kappa shape index (κ1) is 16.3. The quantitative estimate of drug-likeness (QED) is 0.722. The van der Waals surface area contributed by atoms with E-state index in [0.717, 1.165) is 17.0 Å². The summed E-state index contributed by atoms with van der Waals surface area (Å²) in [5.41, 5.74) is 2.67. The average Bonchev–Trinajstić information content (AvgIpc) is 3.18. The Morgan fingerprint density at radius 3 is 2.91 bits per heavy atom. The number of nitrogens with zero attached hydrogens (tertiary/aromatic N) is 3. The van der Waals surface area contributed by atoms with Crippen LogP contribution in [0.4, 0.5) is 0 Å². The van der Waals surface area contributed by atoms with Crippen LogP contribution in [-0.4, -0.2) is 28.3 Å². The van der Waals surface area contributed by atoms with Gasteiger partial charge in [-0.3, -0.25) is 4.79 Å². The van der Waals surface area contributed by atoms with Gasteiger partial charge in [-0.25, -0.2) is 14.8 Å². The van der Waals surface area contributed by atoms with Crippen molar-refractivity contribution in [3.05, 3.63) is 32.7 Å². The standard InChI is InChI=1S/C14H13N3O3S2/c1-2-20-14(19)11-7-22-13(17-11)10(5-15)12(18)4-3-9-6-21-8-16-9/h6-8,10H,2-4H2,1H3. The molecule has 0 bridgehead atoms. The molecule has 0 saturated heterocycles. The molecule has 114 valence electrons. The summed E-state index contributed by atoms with van der Waals surface area (Å²) >= 11 is 2.58. The van der Waals surface area contributed by atoms with E-state index in [4.69, 9.17) is 4.74 Å². The monoisotopic (exact) mass is 335 g/mol. The van der Waals surface area contributed by atoms with Crippen molar-refractivity contribution in [3.63, 3.8) is 0 Å². The van der Waals surface area contributed by atoms with Crippen molar-refractivity contribution in [2.75, 3.05) is 6.61 Å². The number of ketones is 1. The Kier molecular flexibility index (Phi) is 5.75. The van der Waals surface area contributed by atoms with E-state index in [-0.39, 0.29) is 24.5 Å². The Bertz CT molecular complexity index is 689. The largest absolute Gasteiger partial charge is 0.461 e. The highest BCUT2D eigenvalue weighted by Gasteiger charge is 2.25. The summed E-state index contributed by atoms with van der Waals surface area (Å²) in [7, 11) is 0. The minimum Gasteiger partial charge on any atom is -0.461 e.